The van der Waals surface area contributed by atoms with Crippen LogP contribution in [0.2, 0.25) is 0 Å². The molecule has 0 heterocycles. The molecule has 1 aromatic carbocycles. The first-order chi connectivity index (χ1) is 9.69. The molecule has 0 N–H and O–H groups in total. The second kappa shape index (κ2) is 6.62. The first-order valence-corrected chi connectivity index (χ1v) is 5.87. The Bertz CT molecular complexity index is 582. The van der Waals surface area contributed by atoms with Gasteiger partial charge in [-0.15, -0.1) is 0 Å². The molecule has 0 unspecified atom stereocenters. The maximum absolute atomic E-state index is 12.4. The van der Waals surface area contributed by atoms with Gasteiger partial charge in [0.25, 0.3) is 0 Å². The lowest BCUT2D eigenvalue weighted by Gasteiger charge is -2.15. The van der Waals surface area contributed by atoms with Gasteiger partial charge in [-0.1, -0.05) is 0 Å². The van der Waals surface area contributed by atoms with Crippen molar-refractivity contribution < 1.29 is 36.2 Å². The van der Waals surface area contributed by atoms with Gasteiger partial charge < -0.3 is 9.47 Å². The molecule has 0 aromatic heterocycles. The molecule has 4 nitrogen and oxygen atoms in total. The summed E-state index contributed by atoms with van der Waals surface area (Å²) in [5, 5.41) is 8.91. The molecule has 0 spiro atoms. The van der Waals surface area contributed by atoms with Crippen molar-refractivity contribution in [3.05, 3.63) is 23.3 Å². The van der Waals surface area contributed by atoms with Gasteiger partial charge in [-0.25, -0.2) is 4.79 Å². The number of nitriles is 1. The van der Waals surface area contributed by atoms with Crippen LogP contribution in [0.3, 0.4) is 0 Å². The fourth-order valence-corrected chi connectivity index (χ4v) is 1.99. The van der Waals surface area contributed by atoms with Crippen molar-refractivity contribution in [1.82, 2.24) is 0 Å². The van der Waals surface area contributed by atoms with Crippen molar-refractivity contribution in [2.45, 2.75) is 17.0 Å². The molecule has 1 rings (SSSR count). The normalized spacial score (nSPS) is 11.1. The minimum Gasteiger partial charge on any atom is -0.465 e. The van der Waals surface area contributed by atoms with Crippen LogP contribution in [0.5, 0.6) is 5.75 Å². The van der Waals surface area contributed by atoms with Crippen molar-refractivity contribution in [1.29, 1.82) is 5.26 Å². The number of ether oxygens (including phenoxy) is 2. The zero-order valence-electron chi connectivity index (χ0n) is 10.2. The lowest BCUT2D eigenvalue weighted by molar-refractivity contribution is -0.0530. The molecule has 0 fully saturated rings. The lowest BCUT2D eigenvalue weighted by atomic mass is 10.1. The number of carbonyl (C=O) groups is 1. The maximum Gasteiger partial charge on any atom is 0.446 e. The van der Waals surface area contributed by atoms with Crippen molar-refractivity contribution in [3.63, 3.8) is 0 Å². The SMILES string of the molecule is COC(=O)c1ccc(SC(F)(F)F)c(OC(F)F)c1C#N. The molecule has 0 saturated heterocycles. The van der Waals surface area contributed by atoms with E-state index in [2.05, 4.69) is 9.47 Å². The van der Waals surface area contributed by atoms with Crippen molar-refractivity contribution in [3.8, 4) is 11.8 Å². The van der Waals surface area contributed by atoms with E-state index in [1.54, 1.807) is 0 Å². The van der Waals surface area contributed by atoms with Crippen LogP contribution >= 0.6 is 11.8 Å². The second-order valence-electron chi connectivity index (χ2n) is 3.35. The number of esters is 1. The van der Waals surface area contributed by atoms with Crippen molar-refractivity contribution >= 4 is 17.7 Å². The quantitative estimate of drug-likeness (QED) is 0.481. The van der Waals surface area contributed by atoms with Crippen LogP contribution in [0.15, 0.2) is 17.0 Å². The number of hydrogen-bond acceptors (Lipinski definition) is 5. The molecule has 0 aliphatic rings. The fourth-order valence-electron chi connectivity index (χ4n) is 1.37. The maximum atomic E-state index is 12.4. The van der Waals surface area contributed by atoms with Gasteiger partial charge in [0, 0.05) is 0 Å². The Kier molecular flexibility index (Phi) is 5.37. The Hall–Kier alpha value is -2.02. The number of nitrogens with zero attached hydrogens (tertiary/aromatic N) is 1. The van der Waals surface area contributed by atoms with Gasteiger partial charge in [-0.2, -0.15) is 27.2 Å². The average molecular weight is 327 g/mol. The van der Waals surface area contributed by atoms with Crippen LogP contribution in [0.1, 0.15) is 15.9 Å². The Morgan fingerprint density at radius 3 is 2.43 bits per heavy atom. The first kappa shape index (κ1) is 17.0. The fraction of sp³-hybridized carbons (Fsp3) is 0.273. The van der Waals surface area contributed by atoms with E-state index >= 15 is 0 Å². The Morgan fingerprint density at radius 1 is 1.38 bits per heavy atom. The molecule has 1 aromatic rings. The van der Waals surface area contributed by atoms with Gasteiger partial charge >= 0.3 is 18.1 Å². The summed E-state index contributed by atoms with van der Waals surface area (Å²) >= 11 is -0.735. The summed E-state index contributed by atoms with van der Waals surface area (Å²) in [7, 11) is 0.968. The van der Waals surface area contributed by atoms with E-state index in [1.807, 2.05) is 0 Å². The summed E-state index contributed by atoms with van der Waals surface area (Å²) in [5.41, 5.74) is -6.00. The minimum absolute atomic E-state index is 0.470. The summed E-state index contributed by atoms with van der Waals surface area (Å²) in [4.78, 5) is 10.6. The van der Waals surface area contributed by atoms with E-state index in [4.69, 9.17) is 5.26 Å². The highest BCUT2D eigenvalue weighted by atomic mass is 32.2. The molecular formula is C11H6F5NO3S. The average Bonchev–Trinajstić information content (AvgIpc) is 2.37. The predicted octanol–water partition coefficient (Wildman–Crippen LogP) is 3.56. The number of rotatable bonds is 4. The summed E-state index contributed by atoms with van der Waals surface area (Å²) in [6.07, 6.45) is 0. The van der Waals surface area contributed by atoms with E-state index in [9.17, 15) is 26.7 Å². The van der Waals surface area contributed by atoms with E-state index in [1.165, 1.54) is 6.07 Å². The van der Waals surface area contributed by atoms with Crippen molar-refractivity contribution in [2.75, 3.05) is 7.11 Å². The number of carbonyl (C=O) groups excluding carboxylic acids is 1. The van der Waals surface area contributed by atoms with Gasteiger partial charge in [0.15, 0.2) is 5.75 Å². The molecule has 21 heavy (non-hydrogen) atoms. The van der Waals surface area contributed by atoms with Gasteiger partial charge in [0.2, 0.25) is 0 Å². The molecule has 0 atom stereocenters. The van der Waals surface area contributed by atoms with E-state index in [0.29, 0.717) is 0 Å². The van der Waals surface area contributed by atoms with Gasteiger partial charge in [0.1, 0.15) is 11.6 Å². The molecule has 10 heteroatoms. The third kappa shape index (κ3) is 4.49. The number of methoxy groups -OCH3 is 1. The van der Waals surface area contributed by atoms with E-state index in [0.717, 1.165) is 19.2 Å². The van der Waals surface area contributed by atoms with E-state index in [-0.39, 0.29) is 0 Å². The third-order valence-electron chi connectivity index (χ3n) is 2.07. The van der Waals surface area contributed by atoms with E-state index < -0.39 is 51.6 Å². The summed E-state index contributed by atoms with van der Waals surface area (Å²) in [6, 6.07) is 3.00. The van der Waals surface area contributed by atoms with Crippen LogP contribution in [0.4, 0.5) is 22.0 Å². The molecular weight excluding hydrogens is 321 g/mol. The van der Waals surface area contributed by atoms with Gasteiger partial charge in [-0.05, 0) is 23.9 Å². The van der Waals surface area contributed by atoms with Crippen LogP contribution in [-0.4, -0.2) is 25.2 Å². The molecule has 0 aliphatic carbocycles. The predicted molar refractivity (Wildman–Crippen MR) is 61.0 cm³/mol. The highest BCUT2D eigenvalue weighted by molar-refractivity contribution is 8.00. The van der Waals surface area contributed by atoms with Crippen LogP contribution < -0.4 is 4.74 Å². The molecule has 114 valence electrons. The third-order valence-corrected chi connectivity index (χ3v) is 2.84. The second-order valence-corrected chi connectivity index (χ2v) is 4.45. The Labute approximate surface area is 119 Å². The highest BCUT2D eigenvalue weighted by Crippen LogP contribution is 2.44. The number of halogens is 5. The molecule has 0 bridgehead atoms. The zero-order valence-corrected chi connectivity index (χ0v) is 11.0. The Balaban J connectivity index is 3.47. The number of thioether (sulfide) groups is 1. The van der Waals surface area contributed by atoms with Crippen LogP contribution in [-0.2, 0) is 4.74 Å². The molecule has 0 aliphatic heterocycles. The van der Waals surface area contributed by atoms with Crippen molar-refractivity contribution in [2.24, 2.45) is 0 Å². The summed E-state index contributed by atoms with van der Waals surface area (Å²) < 4.78 is 70.0. The van der Waals surface area contributed by atoms with Crippen LogP contribution in [0, 0.1) is 11.3 Å². The van der Waals surface area contributed by atoms with Gasteiger partial charge in [0.05, 0.1) is 17.6 Å². The first-order valence-electron chi connectivity index (χ1n) is 5.05. The molecule has 0 radical (unpaired) electrons. The molecule has 0 amide bonds. The smallest absolute Gasteiger partial charge is 0.446 e. The number of alkyl halides is 5. The number of hydrogen-bond donors (Lipinski definition) is 0. The highest BCUT2D eigenvalue weighted by Gasteiger charge is 2.33. The summed E-state index contributed by atoms with van der Waals surface area (Å²) in [6.45, 7) is -3.46. The monoisotopic (exact) mass is 327 g/mol. The van der Waals surface area contributed by atoms with Gasteiger partial charge in [-0.3, -0.25) is 0 Å². The largest absolute Gasteiger partial charge is 0.465 e. The number of benzene rings is 1. The zero-order chi connectivity index (χ0) is 16.2. The lowest BCUT2D eigenvalue weighted by Crippen LogP contribution is -2.11. The minimum atomic E-state index is -4.78. The molecule has 0 saturated carbocycles. The van der Waals surface area contributed by atoms with Crippen LogP contribution in [0.25, 0.3) is 0 Å². The topological polar surface area (TPSA) is 59.3 Å². The standard InChI is InChI=1S/C11H6F5NO3S/c1-19-9(18)5-2-3-7(21-11(14,15)16)8(6(5)4-17)20-10(12)13/h2-3,10H,1H3. The Morgan fingerprint density at radius 2 is 2.00 bits per heavy atom. The summed E-state index contributed by atoms with van der Waals surface area (Å²) in [5.74, 6) is -2.08.